The Hall–Kier alpha value is -2.84. The molecular formula is C24H33F3N4O2. The maximum absolute atomic E-state index is 13.1. The minimum atomic E-state index is -4.56. The van der Waals surface area contributed by atoms with Crippen LogP contribution in [0.15, 0.2) is 30.3 Å². The van der Waals surface area contributed by atoms with E-state index < -0.39 is 29.1 Å². The van der Waals surface area contributed by atoms with Gasteiger partial charge in [0, 0.05) is 23.6 Å². The highest BCUT2D eigenvalue weighted by molar-refractivity contribution is 5.99. The molecule has 0 atom stereocenters. The molecule has 33 heavy (non-hydrogen) atoms. The highest BCUT2D eigenvalue weighted by Gasteiger charge is 2.32. The standard InChI is InChI=1S/C24H33F3N4O2/c1-8-12-30(21(33)16-10-9-11-17(13-16)24(25,26)27)15-20(32)28-19-14-18(22(2,3)4)29-31(19)23(5,6)7/h9-11,13-14H,8,12,15H2,1-7H3,(H,28,32). The second-order valence-electron chi connectivity index (χ2n) is 10.1. The van der Waals surface area contributed by atoms with Crippen LogP contribution in [0.2, 0.25) is 0 Å². The second kappa shape index (κ2) is 9.57. The Balaban J connectivity index is 2.27. The highest BCUT2D eigenvalue weighted by Crippen LogP contribution is 2.30. The summed E-state index contributed by atoms with van der Waals surface area (Å²) in [4.78, 5) is 27.1. The molecular weight excluding hydrogens is 433 g/mol. The fourth-order valence-electron chi connectivity index (χ4n) is 3.24. The third kappa shape index (κ3) is 6.82. The summed E-state index contributed by atoms with van der Waals surface area (Å²) in [5.74, 6) is -0.576. The molecule has 0 aliphatic rings. The van der Waals surface area contributed by atoms with Gasteiger partial charge in [-0.1, -0.05) is 33.8 Å². The number of alkyl halides is 3. The van der Waals surface area contributed by atoms with Crippen LogP contribution >= 0.6 is 0 Å². The maximum Gasteiger partial charge on any atom is 0.416 e. The third-order valence-electron chi connectivity index (χ3n) is 4.93. The van der Waals surface area contributed by atoms with Crippen LogP contribution in [0, 0.1) is 0 Å². The first-order valence-corrected chi connectivity index (χ1v) is 10.9. The van der Waals surface area contributed by atoms with Crippen molar-refractivity contribution < 1.29 is 22.8 Å². The number of halogens is 3. The molecule has 0 saturated carbocycles. The Kier molecular flexibility index (Phi) is 7.66. The van der Waals surface area contributed by atoms with Gasteiger partial charge >= 0.3 is 6.18 Å². The normalized spacial score (nSPS) is 12.5. The number of aromatic nitrogens is 2. The number of carbonyl (C=O) groups excluding carboxylic acids is 2. The van der Waals surface area contributed by atoms with Crippen molar-refractivity contribution in [3.63, 3.8) is 0 Å². The largest absolute Gasteiger partial charge is 0.416 e. The topological polar surface area (TPSA) is 67.2 Å². The van der Waals surface area contributed by atoms with Gasteiger partial charge in [0.05, 0.1) is 16.8 Å². The summed E-state index contributed by atoms with van der Waals surface area (Å²) in [7, 11) is 0. The van der Waals surface area contributed by atoms with Crippen LogP contribution in [-0.2, 0) is 21.9 Å². The van der Waals surface area contributed by atoms with E-state index in [0.717, 1.165) is 17.8 Å². The SMILES string of the molecule is CCCN(CC(=O)Nc1cc(C(C)(C)C)nn1C(C)(C)C)C(=O)c1cccc(C(F)(F)F)c1. The number of hydrogen-bond donors (Lipinski definition) is 1. The van der Waals surface area contributed by atoms with Gasteiger partial charge in [-0.15, -0.1) is 0 Å². The number of nitrogens with one attached hydrogen (secondary N) is 1. The van der Waals surface area contributed by atoms with Gasteiger partial charge in [-0.05, 0) is 45.4 Å². The highest BCUT2D eigenvalue weighted by atomic mass is 19.4. The molecule has 6 nitrogen and oxygen atoms in total. The molecule has 2 amide bonds. The van der Waals surface area contributed by atoms with Gasteiger partial charge in [0.2, 0.25) is 5.91 Å². The molecule has 0 fully saturated rings. The molecule has 2 rings (SSSR count). The van der Waals surface area contributed by atoms with E-state index in [-0.39, 0.29) is 24.1 Å². The number of benzene rings is 1. The van der Waals surface area contributed by atoms with Crippen LogP contribution in [0.5, 0.6) is 0 Å². The third-order valence-corrected chi connectivity index (χ3v) is 4.93. The van der Waals surface area contributed by atoms with Crippen molar-refractivity contribution in [2.45, 2.75) is 72.0 Å². The molecule has 1 heterocycles. The molecule has 182 valence electrons. The molecule has 0 saturated heterocycles. The van der Waals surface area contributed by atoms with Crippen molar-refractivity contribution in [2.75, 3.05) is 18.4 Å². The number of hydrogen-bond acceptors (Lipinski definition) is 3. The Bertz CT molecular complexity index is 998. The monoisotopic (exact) mass is 466 g/mol. The van der Waals surface area contributed by atoms with Gasteiger partial charge in [-0.2, -0.15) is 18.3 Å². The predicted octanol–water partition coefficient (Wildman–Crippen LogP) is 5.45. The summed E-state index contributed by atoms with van der Waals surface area (Å²) in [6, 6.07) is 6.04. The van der Waals surface area contributed by atoms with Gasteiger partial charge < -0.3 is 10.2 Å². The number of anilines is 1. The van der Waals surface area contributed by atoms with Crippen molar-refractivity contribution in [3.8, 4) is 0 Å². The minimum Gasteiger partial charge on any atom is -0.329 e. The molecule has 0 spiro atoms. The molecule has 0 radical (unpaired) electrons. The smallest absolute Gasteiger partial charge is 0.329 e. The second-order valence-corrected chi connectivity index (χ2v) is 10.1. The van der Waals surface area contributed by atoms with Crippen LogP contribution in [0.1, 0.15) is 76.5 Å². The predicted molar refractivity (Wildman–Crippen MR) is 122 cm³/mol. The van der Waals surface area contributed by atoms with Crippen LogP contribution in [0.25, 0.3) is 0 Å². The van der Waals surface area contributed by atoms with Crippen molar-refractivity contribution in [1.82, 2.24) is 14.7 Å². The summed E-state index contributed by atoms with van der Waals surface area (Å²) >= 11 is 0. The van der Waals surface area contributed by atoms with Crippen LogP contribution in [0.4, 0.5) is 19.0 Å². The molecule has 0 bridgehead atoms. The van der Waals surface area contributed by atoms with E-state index in [1.165, 1.54) is 17.0 Å². The molecule has 2 aromatic rings. The number of amides is 2. The lowest BCUT2D eigenvalue weighted by Gasteiger charge is -2.24. The van der Waals surface area contributed by atoms with Crippen molar-refractivity contribution in [3.05, 3.63) is 47.2 Å². The molecule has 1 N–H and O–H groups in total. The Labute approximate surface area is 193 Å². The summed E-state index contributed by atoms with van der Waals surface area (Å²) in [5.41, 5.74) is -0.843. The summed E-state index contributed by atoms with van der Waals surface area (Å²) in [5, 5.41) is 7.48. The molecule has 0 aliphatic heterocycles. The summed E-state index contributed by atoms with van der Waals surface area (Å²) in [6.45, 7) is 13.7. The van der Waals surface area contributed by atoms with E-state index in [4.69, 9.17) is 0 Å². The Morgan fingerprint density at radius 3 is 2.21 bits per heavy atom. The molecule has 1 aromatic carbocycles. The first kappa shape index (κ1) is 26.4. The van der Waals surface area contributed by atoms with Crippen LogP contribution in [-0.4, -0.2) is 39.6 Å². The van der Waals surface area contributed by atoms with E-state index in [1.54, 1.807) is 4.68 Å². The Morgan fingerprint density at radius 1 is 1.06 bits per heavy atom. The van der Waals surface area contributed by atoms with Gasteiger partial charge in [-0.25, -0.2) is 4.68 Å². The zero-order valence-corrected chi connectivity index (χ0v) is 20.3. The van der Waals surface area contributed by atoms with E-state index in [0.29, 0.717) is 12.2 Å². The van der Waals surface area contributed by atoms with E-state index in [9.17, 15) is 22.8 Å². The van der Waals surface area contributed by atoms with Crippen molar-refractivity contribution >= 4 is 17.6 Å². The zero-order chi connectivity index (χ0) is 25.2. The van der Waals surface area contributed by atoms with Crippen LogP contribution < -0.4 is 5.32 Å². The van der Waals surface area contributed by atoms with Crippen molar-refractivity contribution in [2.24, 2.45) is 0 Å². The number of rotatable bonds is 6. The van der Waals surface area contributed by atoms with Gasteiger partial charge in [0.15, 0.2) is 0 Å². The zero-order valence-electron chi connectivity index (χ0n) is 20.3. The number of carbonyl (C=O) groups is 2. The Morgan fingerprint density at radius 2 is 1.70 bits per heavy atom. The fraction of sp³-hybridized carbons (Fsp3) is 0.542. The van der Waals surface area contributed by atoms with Gasteiger partial charge in [-0.3, -0.25) is 9.59 Å². The summed E-state index contributed by atoms with van der Waals surface area (Å²) < 4.78 is 40.9. The lowest BCUT2D eigenvalue weighted by Crippen LogP contribution is -2.39. The lowest BCUT2D eigenvalue weighted by molar-refractivity contribution is -0.137. The van der Waals surface area contributed by atoms with Crippen LogP contribution in [0.3, 0.4) is 0 Å². The first-order valence-electron chi connectivity index (χ1n) is 10.9. The quantitative estimate of drug-likeness (QED) is 0.616. The molecule has 1 aromatic heterocycles. The van der Waals surface area contributed by atoms with Gasteiger partial charge in [0.25, 0.3) is 5.91 Å². The maximum atomic E-state index is 13.1. The van der Waals surface area contributed by atoms with E-state index in [1.807, 2.05) is 54.5 Å². The average Bonchev–Trinajstić information content (AvgIpc) is 3.11. The lowest BCUT2D eigenvalue weighted by atomic mass is 9.92. The first-order chi connectivity index (χ1) is 15.0. The molecule has 0 unspecified atom stereocenters. The van der Waals surface area contributed by atoms with E-state index in [2.05, 4.69) is 10.4 Å². The molecule has 0 aliphatic carbocycles. The van der Waals surface area contributed by atoms with Crippen molar-refractivity contribution in [1.29, 1.82) is 0 Å². The average molecular weight is 467 g/mol. The minimum absolute atomic E-state index is 0.110. The van der Waals surface area contributed by atoms with Gasteiger partial charge in [0.1, 0.15) is 12.4 Å². The number of nitrogens with zero attached hydrogens (tertiary/aromatic N) is 3. The van der Waals surface area contributed by atoms with E-state index >= 15 is 0 Å². The summed E-state index contributed by atoms with van der Waals surface area (Å²) in [6.07, 6.45) is -4.01. The molecule has 9 heteroatoms. The fourth-order valence-corrected chi connectivity index (χ4v) is 3.24.